The third-order valence-electron chi connectivity index (χ3n) is 7.91. The van der Waals surface area contributed by atoms with Crippen molar-refractivity contribution in [2.75, 3.05) is 6.61 Å². The zero-order chi connectivity index (χ0) is 26.9. The van der Waals surface area contributed by atoms with E-state index in [4.69, 9.17) is 4.74 Å². The van der Waals surface area contributed by atoms with E-state index in [1.165, 1.54) is 19.3 Å². The zero-order valence-electron chi connectivity index (χ0n) is 22.9. The molecule has 0 radical (unpaired) electrons. The molecule has 38 heavy (non-hydrogen) atoms. The van der Waals surface area contributed by atoms with Crippen molar-refractivity contribution in [1.29, 1.82) is 0 Å². The highest BCUT2D eigenvalue weighted by Gasteiger charge is 2.25. The van der Waals surface area contributed by atoms with Gasteiger partial charge in [-0.2, -0.15) is 0 Å². The van der Waals surface area contributed by atoms with Gasteiger partial charge in [0, 0.05) is 11.1 Å². The van der Waals surface area contributed by atoms with Crippen LogP contribution in [0.1, 0.15) is 95.3 Å². The highest BCUT2D eigenvalue weighted by Crippen LogP contribution is 2.35. The fraction of sp³-hybridized carbons (Fsp3) is 0.471. The molecule has 1 heterocycles. The molecule has 3 aromatic rings. The normalized spacial score (nSPS) is 17.6. The number of ether oxygens (including phenoxy) is 1. The maximum atomic E-state index is 15.0. The minimum absolute atomic E-state index is 0.193. The Morgan fingerprint density at radius 3 is 2.11 bits per heavy atom. The summed E-state index contributed by atoms with van der Waals surface area (Å²) in [7, 11) is 0. The van der Waals surface area contributed by atoms with Crippen LogP contribution in [-0.4, -0.2) is 6.61 Å². The molecule has 0 bridgehead atoms. The van der Waals surface area contributed by atoms with Crippen molar-refractivity contribution in [1.82, 2.24) is 0 Å². The van der Waals surface area contributed by atoms with Crippen molar-refractivity contribution in [2.45, 2.75) is 90.6 Å². The lowest BCUT2D eigenvalue weighted by Gasteiger charge is -2.29. The molecule has 0 saturated carbocycles. The monoisotopic (exact) mass is 522 g/mol. The average Bonchev–Trinajstić information content (AvgIpc) is 2.94. The molecular formula is C34H41F3O. The average molecular weight is 523 g/mol. The van der Waals surface area contributed by atoms with Gasteiger partial charge < -0.3 is 4.74 Å². The summed E-state index contributed by atoms with van der Waals surface area (Å²) in [5, 5.41) is 0. The van der Waals surface area contributed by atoms with Crippen molar-refractivity contribution in [2.24, 2.45) is 5.92 Å². The van der Waals surface area contributed by atoms with Crippen molar-refractivity contribution >= 4 is 0 Å². The van der Waals surface area contributed by atoms with Gasteiger partial charge in [-0.3, -0.25) is 0 Å². The Bertz CT molecular complexity index is 1160. The van der Waals surface area contributed by atoms with Crippen LogP contribution in [0, 0.1) is 23.4 Å². The Morgan fingerprint density at radius 2 is 1.42 bits per heavy atom. The van der Waals surface area contributed by atoms with Crippen molar-refractivity contribution < 1.29 is 17.9 Å². The van der Waals surface area contributed by atoms with Crippen LogP contribution in [-0.2, 0) is 11.2 Å². The molecule has 0 aliphatic carbocycles. The summed E-state index contributed by atoms with van der Waals surface area (Å²) < 4.78 is 50.8. The van der Waals surface area contributed by atoms with Crippen molar-refractivity contribution in [3.8, 4) is 22.3 Å². The van der Waals surface area contributed by atoms with E-state index in [0.29, 0.717) is 35.6 Å². The van der Waals surface area contributed by atoms with Gasteiger partial charge in [0.15, 0.2) is 11.6 Å². The standard InChI is InChI=1S/C34H41F3O/c1-3-5-6-7-8-9-11-27-17-19-29(34(37)33(27)36)26-15-13-25(14-16-26)28-18-20-30(31(35)22-28)32-21-12-24(10-4-2)23-38-32/h13-20,22,24,32H,3-12,21,23H2,1-2H3. The first-order chi connectivity index (χ1) is 18.5. The molecule has 3 aromatic carbocycles. The summed E-state index contributed by atoms with van der Waals surface area (Å²) in [5.41, 5.74) is 3.48. The van der Waals surface area contributed by atoms with Gasteiger partial charge in [-0.1, -0.05) is 101 Å². The number of aryl methyl sites for hydroxylation is 1. The molecule has 4 heteroatoms. The summed E-state index contributed by atoms with van der Waals surface area (Å²) in [6, 6.07) is 15.9. The first-order valence-corrected chi connectivity index (χ1v) is 14.5. The minimum atomic E-state index is -0.801. The largest absolute Gasteiger partial charge is 0.373 e. The second kappa shape index (κ2) is 14.0. The maximum absolute atomic E-state index is 15.0. The first-order valence-electron chi connectivity index (χ1n) is 14.5. The van der Waals surface area contributed by atoms with Gasteiger partial charge in [0.1, 0.15) is 5.82 Å². The number of hydrogen-bond acceptors (Lipinski definition) is 1. The lowest BCUT2D eigenvalue weighted by atomic mass is 9.91. The van der Waals surface area contributed by atoms with Crippen LogP contribution >= 0.6 is 0 Å². The molecule has 0 amide bonds. The van der Waals surface area contributed by atoms with E-state index in [0.717, 1.165) is 56.1 Å². The predicted molar refractivity (Wildman–Crippen MR) is 151 cm³/mol. The van der Waals surface area contributed by atoms with E-state index >= 15 is 4.39 Å². The van der Waals surface area contributed by atoms with E-state index in [-0.39, 0.29) is 17.5 Å². The number of benzene rings is 3. The first kappa shape index (κ1) is 28.4. The fourth-order valence-corrected chi connectivity index (χ4v) is 5.60. The molecule has 204 valence electrons. The molecule has 1 aliphatic heterocycles. The highest BCUT2D eigenvalue weighted by atomic mass is 19.2. The maximum Gasteiger partial charge on any atom is 0.166 e. The number of rotatable bonds is 12. The van der Waals surface area contributed by atoms with E-state index in [1.54, 1.807) is 30.3 Å². The lowest BCUT2D eigenvalue weighted by Crippen LogP contribution is -2.21. The van der Waals surface area contributed by atoms with Gasteiger partial charge in [-0.05, 0) is 66.3 Å². The van der Waals surface area contributed by atoms with E-state index in [9.17, 15) is 8.78 Å². The van der Waals surface area contributed by atoms with Crippen LogP contribution in [0.5, 0.6) is 0 Å². The number of hydrogen-bond donors (Lipinski definition) is 0. The van der Waals surface area contributed by atoms with Crippen molar-refractivity contribution in [3.63, 3.8) is 0 Å². The summed E-state index contributed by atoms with van der Waals surface area (Å²) in [6.45, 7) is 5.05. The summed E-state index contributed by atoms with van der Waals surface area (Å²) in [6.07, 6.45) is 11.3. The zero-order valence-corrected chi connectivity index (χ0v) is 22.9. The summed E-state index contributed by atoms with van der Waals surface area (Å²) >= 11 is 0. The van der Waals surface area contributed by atoms with E-state index in [1.807, 2.05) is 24.3 Å². The molecule has 0 N–H and O–H groups in total. The molecule has 1 fully saturated rings. The van der Waals surface area contributed by atoms with Gasteiger partial charge in [-0.25, -0.2) is 13.2 Å². The van der Waals surface area contributed by atoms with Crippen LogP contribution < -0.4 is 0 Å². The number of unbranched alkanes of at least 4 members (excludes halogenated alkanes) is 5. The second-order valence-electron chi connectivity index (χ2n) is 10.8. The SMILES string of the molecule is CCCCCCCCc1ccc(-c2ccc(-c3ccc(C4CCC(CCC)CO4)c(F)c3)cc2)c(F)c1F. The highest BCUT2D eigenvalue weighted by molar-refractivity contribution is 5.71. The minimum Gasteiger partial charge on any atom is -0.373 e. The quantitative estimate of drug-likeness (QED) is 0.215. The van der Waals surface area contributed by atoms with Crippen LogP contribution in [0.15, 0.2) is 54.6 Å². The Hall–Kier alpha value is -2.59. The molecule has 0 spiro atoms. The summed E-state index contributed by atoms with van der Waals surface area (Å²) in [4.78, 5) is 0. The molecule has 1 aliphatic rings. The van der Waals surface area contributed by atoms with Crippen LogP contribution in [0.3, 0.4) is 0 Å². The molecular weight excluding hydrogens is 481 g/mol. The molecule has 1 nitrogen and oxygen atoms in total. The lowest BCUT2D eigenvalue weighted by molar-refractivity contribution is -0.0211. The topological polar surface area (TPSA) is 9.23 Å². The third kappa shape index (κ3) is 7.08. The van der Waals surface area contributed by atoms with Gasteiger partial charge in [-0.15, -0.1) is 0 Å². The van der Waals surface area contributed by atoms with Crippen molar-refractivity contribution in [3.05, 3.63) is 83.2 Å². The van der Waals surface area contributed by atoms with Gasteiger partial charge >= 0.3 is 0 Å². The Labute approximate surface area is 226 Å². The molecule has 0 aromatic heterocycles. The van der Waals surface area contributed by atoms with Gasteiger partial charge in [0.25, 0.3) is 0 Å². The Morgan fingerprint density at radius 1 is 0.711 bits per heavy atom. The second-order valence-corrected chi connectivity index (χ2v) is 10.8. The molecule has 4 rings (SSSR count). The molecule has 2 unspecified atom stereocenters. The van der Waals surface area contributed by atoms with Crippen LogP contribution in [0.2, 0.25) is 0 Å². The number of halogens is 3. The molecule has 2 atom stereocenters. The Balaban J connectivity index is 1.40. The fourth-order valence-electron chi connectivity index (χ4n) is 5.60. The smallest absolute Gasteiger partial charge is 0.166 e. The predicted octanol–water partition coefficient (Wildman–Crippen LogP) is 10.6. The molecule has 1 saturated heterocycles. The summed E-state index contributed by atoms with van der Waals surface area (Å²) in [5.74, 6) is -1.24. The van der Waals surface area contributed by atoms with E-state index in [2.05, 4.69) is 13.8 Å². The Kier molecular flexibility index (Phi) is 10.5. The van der Waals surface area contributed by atoms with Gasteiger partial charge in [0.2, 0.25) is 0 Å². The van der Waals surface area contributed by atoms with Crippen LogP contribution in [0.4, 0.5) is 13.2 Å². The van der Waals surface area contributed by atoms with E-state index < -0.39 is 11.6 Å². The third-order valence-corrected chi connectivity index (χ3v) is 7.91. The van der Waals surface area contributed by atoms with Gasteiger partial charge in [0.05, 0.1) is 12.7 Å². The van der Waals surface area contributed by atoms with Crippen LogP contribution in [0.25, 0.3) is 22.3 Å².